The lowest BCUT2D eigenvalue weighted by molar-refractivity contribution is -0.136. The van der Waals surface area contributed by atoms with Gasteiger partial charge < -0.3 is 14.5 Å². The van der Waals surface area contributed by atoms with Gasteiger partial charge in [0.25, 0.3) is 0 Å². The van der Waals surface area contributed by atoms with Gasteiger partial charge in [-0.15, -0.1) is 11.3 Å². The van der Waals surface area contributed by atoms with E-state index >= 15 is 0 Å². The van der Waals surface area contributed by atoms with Crippen LogP contribution in [0.3, 0.4) is 0 Å². The Balaban J connectivity index is 2.48. The Hall–Kier alpha value is -1.25. The van der Waals surface area contributed by atoms with Crippen LogP contribution in [0.25, 0.3) is 10.1 Å². The highest BCUT2D eigenvalue weighted by Gasteiger charge is 2.53. The van der Waals surface area contributed by atoms with Gasteiger partial charge in [0, 0.05) is 16.3 Å². The summed E-state index contributed by atoms with van der Waals surface area (Å²) in [5.41, 5.74) is -4.51. The molecule has 2 N–H and O–H groups in total. The molecule has 0 radical (unpaired) electrons. The SMILES string of the molecule is N#Cc1cc(OCCCC(F)(F)F)c2sc(C(F)(F)P(=O)(O)O)c(Br)c2c1. The molecule has 0 bridgehead atoms. The Morgan fingerprint density at radius 1 is 1.26 bits per heavy atom. The molecule has 1 heterocycles. The highest BCUT2D eigenvalue weighted by molar-refractivity contribution is 9.10. The molecular formula is C14H10BrF5NO4PS. The zero-order chi connectivity index (χ0) is 20.6. The van der Waals surface area contributed by atoms with Crippen LogP contribution in [-0.4, -0.2) is 22.6 Å². The molecule has 0 amide bonds. The molecule has 13 heteroatoms. The van der Waals surface area contributed by atoms with Gasteiger partial charge in [0.05, 0.1) is 22.9 Å². The number of hydrogen-bond donors (Lipinski definition) is 2. The smallest absolute Gasteiger partial charge is 0.400 e. The second kappa shape index (κ2) is 7.64. The second-order valence-electron chi connectivity index (χ2n) is 5.36. The number of ether oxygens (including phenoxy) is 1. The molecule has 0 atom stereocenters. The molecule has 148 valence electrons. The fourth-order valence-electron chi connectivity index (χ4n) is 2.09. The third kappa shape index (κ3) is 4.78. The Morgan fingerprint density at radius 3 is 2.41 bits per heavy atom. The van der Waals surface area contributed by atoms with Crippen molar-refractivity contribution in [3.63, 3.8) is 0 Å². The summed E-state index contributed by atoms with van der Waals surface area (Å²) < 4.78 is 80.8. The van der Waals surface area contributed by atoms with Crippen LogP contribution in [-0.2, 0) is 10.2 Å². The Morgan fingerprint density at radius 2 is 1.89 bits per heavy atom. The van der Waals surface area contributed by atoms with E-state index in [1.807, 2.05) is 0 Å². The average molecular weight is 494 g/mol. The molecule has 0 spiro atoms. The summed E-state index contributed by atoms with van der Waals surface area (Å²) in [6, 6.07) is 4.13. The monoisotopic (exact) mass is 493 g/mol. The minimum absolute atomic E-state index is 0.0159. The maximum Gasteiger partial charge on any atom is 0.400 e. The van der Waals surface area contributed by atoms with Crippen molar-refractivity contribution in [1.82, 2.24) is 0 Å². The molecule has 0 aliphatic carbocycles. The molecule has 0 fully saturated rings. The van der Waals surface area contributed by atoms with Crippen molar-refractivity contribution in [2.45, 2.75) is 24.7 Å². The van der Waals surface area contributed by atoms with Crippen LogP contribution in [0.4, 0.5) is 22.0 Å². The van der Waals surface area contributed by atoms with Gasteiger partial charge in [0.15, 0.2) is 0 Å². The van der Waals surface area contributed by atoms with Crippen molar-refractivity contribution >= 4 is 44.9 Å². The first-order chi connectivity index (χ1) is 12.3. The molecule has 0 unspecified atom stereocenters. The lowest BCUT2D eigenvalue weighted by Gasteiger charge is -2.16. The summed E-state index contributed by atoms with van der Waals surface area (Å²) >= 11 is 3.18. The van der Waals surface area contributed by atoms with E-state index in [9.17, 15) is 26.5 Å². The minimum atomic E-state index is -5.84. The first-order valence-electron chi connectivity index (χ1n) is 7.07. The number of alkyl halides is 5. The van der Waals surface area contributed by atoms with Crippen molar-refractivity contribution in [2.75, 3.05) is 6.61 Å². The van der Waals surface area contributed by atoms with Crippen molar-refractivity contribution in [3.8, 4) is 11.8 Å². The van der Waals surface area contributed by atoms with Crippen LogP contribution >= 0.6 is 34.9 Å². The molecular weight excluding hydrogens is 484 g/mol. The van der Waals surface area contributed by atoms with Gasteiger partial charge in [-0.05, 0) is 34.5 Å². The van der Waals surface area contributed by atoms with Crippen molar-refractivity contribution in [2.24, 2.45) is 0 Å². The second-order valence-corrected chi connectivity index (χ2v) is 8.82. The van der Waals surface area contributed by atoms with E-state index in [-0.39, 0.29) is 38.9 Å². The van der Waals surface area contributed by atoms with Crippen LogP contribution < -0.4 is 4.74 Å². The Labute approximate surface area is 161 Å². The predicted octanol–water partition coefficient (Wildman–Crippen LogP) is 5.48. The summed E-state index contributed by atoms with van der Waals surface area (Å²) in [6.07, 6.45) is -5.87. The largest absolute Gasteiger partial charge is 0.492 e. The molecule has 1 aromatic carbocycles. The van der Waals surface area contributed by atoms with Crippen LogP contribution in [0.2, 0.25) is 0 Å². The van der Waals surface area contributed by atoms with Crippen LogP contribution in [0, 0.1) is 11.3 Å². The Bertz CT molecular complexity index is 950. The number of hydrogen-bond acceptors (Lipinski definition) is 4. The van der Waals surface area contributed by atoms with Crippen molar-refractivity contribution < 1.29 is 41.0 Å². The number of rotatable bonds is 6. The third-order valence-corrected chi connectivity index (χ3v) is 6.81. The molecule has 2 aromatic rings. The third-order valence-electron chi connectivity index (χ3n) is 3.33. The van der Waals surface area contributed by atoms with Crippen molar-refractivity contribution in [1.29, 1.82) is 5.26 Å². The van der Waals surface area contributed by atoms with Gasteiger partial charge in [-0.3, -0.25) is 4.57 Å². The lowest BCUT2D eigenvalue weighted by atomic mass is 10.1. The van der Waals surface area contributed by atoms with Gasteiger partial charge >= 0.3 is 19.4 Å². The molecule has 2 rings (SSSR count). The van der Waals surface area contributed by atoms with Gasteiger partial charge in [-0.1, -0.05) is 0 Å². The first-order valence-corrected chi connectivity index (χ1v) is 10.3. The number of nitrogens with zero attached hydrogens (tertiary/aromatic N) is 1. The first kappa shape index (κ1) is 22.0. The quantitative estimate of drug-likeness (QED) is 0.315. The van der Waals surface area contributed by atoms with E-state index in [0.717, 1.165) is 6.07 Å². The zero-order valence-electron chi connectivity index (χ0n) is 13.1. The lowest BCUT2D eigenvalue weighted by Crippen LogP contribution is -2.12. The van der Waals surface area contributed by atoms with Gasteiger partial charge in [-0.2, -0.15) is 27.2 Å². The van der Waals surface area contributed by atoms with Gasteiger partial charge in [0.2, 0.25) is 0 Å². The zero-order valence-corrected chi connectivity index (χ0v) is 16.4. The van der Waals surface area contributed by atoms with E-state index in [1.165, 1.54) is 6.07 Å². The normalized spacial score (nSPS) is 13.0. The summed E-state index contributed by atoms with van der Waals surface area (Å²) in [5, 5.41) is 9.08. The molecule has 0 saturated heterocycles. The molecule has 0 aliphatic rings. The topological polar surface area (TPSA) is 90.5 Å². The van der Waals surface area contributed by atoms with E-state index in [0.29, 0.717) is 11.3 Å². The highest BCUT2D eigenvalue weighted by atomic mass is 79.9. The van der Waals surface area contributed by atoms with E-state index in [1.54, 1.807) is 6.07 Å². The molecule has 0 aliphatic heterocycles. The van der Waals surface area contributed by atoms with E-state index in [4.69, 9.17) is 19.8 Å². The summed E-state index contributed by atoms with van der Waals surface area (Å²) in [6.45, 7) is -0.386. The number of halogens is 6. The van der Waals surface area contributed by atoms with E-state index < -0.39 is 30.7 Å². The highest BCUT2D eigenvalue weighted by Crippen LogP contribution is 2.63. The van der Waals surface area contributed by atoms with Crippen LogP contribution in [0.5, 0.6) is 5.75 Å². The summed E-state index contributed by atoms with van der Waals surface area (Å²) in [5.74, 6) is -0.121. The number of fused-ring (bicyclic) bond motifs is 1. The van der Waals surface area contributed by atoms with Crippen LogP contribution in [0.15, 0.2) is 16.6 Å². The van der Waals surface area contributed by atoms with Gasteiger partial charge in [0.1, 0.15) is 10.6 Å². The standard InChI is InChI=1S/C14H10BrF5NO4PS/c15-10-8-4-7(6-21)5-9(25-3-1-2-13(16,17)18)11(8)27-12(10)14(19,20)26(22,23)24/h4-5H,1-3H2,(H2,22,23,24). The summed E-state index contributed by atoms with van der Waals surface area (Å²) in [7, 11) is -5.84. The number of nitriles is 1. The van der Waals surface area contributed by atoms with Crippen LogP contribution in [0.1, 0.15) is 23.3 Å². The fraction of sp³-hybridized carbons (Fsp3) is 0.357. The summed E-state index contributed by atoms with van der Waals surface area (Å²) in [4.78, 5) is 16.9. The number of thiophene rings is 1. The van der Waals surface area contributed by atoms with Crippen molar-refractivity contribution in [3.05, 3.63) is 27.0 Å². The molecule has 27 heavy (non-hydrogen) atoms. The number of benzene rings is 1. The molecule has 1 aromatic heterocycles. The minimum Gasteiger partial charge on any atom is -0.492 e. The molecule has 0 saturated carbocycles. The van der Waals surface area contributed by atoms with Gasteiger partial charge in [-0.25, -0.2) is 0 Å². The molecule has 5 nitrogen and oxygen atoms in total. The maximum absolute atomic E-state index is 14.1. The van der Waals surface area contributed by atoms with E-state index in [2.05, 4.69) is 15.9 Å². The fourth-order valence-corrected chi connectivity index (χ4v) is 5.07. The predicted molar refractivity (Wildman–Crippen MR) is 91.0 cm³/mol. The Kier molecular flexibility index (Phi) is 6.24. The maximum atomic E-state index is 14.1. The average Bonchev–Trinajstić information content (AvgIpc) is 2.87.